The van der Waals surface area contributed by atoms with E-state index in [1.54, 1.807) is 18.2 Å². The Kier molecular flexibility index (Phi) is 10.4. The second-order valence-corrected chi connectivity index (χ2v) is 7.70. The Balaban J connectivity index is 1.62. The summed E-state index contributed by atoms with van der Waals surface area (Å²) in [6.07, 6.45) is 8.67. The van der Waals surface area contributed by atoms with Gasteiger partial charge in [-0.15, -0.1) is 0 Å². The third kappa shape index (κ3) is 9.04. The number of nitro groups is 1. The second kappa shape index (κ2) is 13.3. The van der Waals surface area contributed by atoms with E-state index in [-0.39, 0.29) is 11.6 Å². The van der Waals surface area contributed by atoms with Crippen LogP contribution in [0.3, 0.4) is 0 Å². The molecule has 0 aliphatic carbocycles. The molecule has 0 bridgehead atoms. The van der Waals surface area contributed by atoms with Crippen molar-refractivity contribution in [1.29, 1.82) is 0 Å². The molecule has 9 heteroatoms. The molecule has 1 amide bonds. The Labute approximate surface area is 180 Å². The van der Waals surface area contributed by atoms with Crippen LogP contribution < -0.4 is 14.9 Å². The molecule has 0 atom stereocenters. The Morgan fingerprint density at radius 1 is 1.07 bits per heavy atom. The van der Waals surface area contributed by atoms with Crippen molar-refractivity contribution in [2.24, 2.45) is 5.10 Å². The van der Waals surface area contributed by atoms with Gasteiger partial charge in [0.25, 0.3) is 5.91 Å². The lowest BCUT2D eigenvalue weighted by atomic mass is 10.1. The highest BCUT2D eigenvalue weighted by Crippen LogP contribution is 2.22. The summed E-state index contributed by atoms with van der Waals surface area (Å²) in [6, 6.07) is 10.1. The standard InChI is InChI=1S/C21H27N3O5S/c1-2-3-4-5-6-7-14-28-17-8-10-18(11-9-17)29-16-20(25)23-22-15-19-12-13-21(30-19)24(26)27/h8-13,15H,2-7,14,16H2,1H3,(H,23,25)/b22-15-. The predicted molar refractivity (Wildman–Crippen MR) is 118 cm³/mol. The Bertz CT molecular complexity index is 820. The van der Waals surface area contributed by atoms with Gasteiger partial charge in [-0.3, -0.25) is 14.9 Å². The van der Waals surface area contributed by atoms with Crippen molar-refractivity contribution >= 4 is 28.5 Å². The quantitative estimate of drug-likeness (QED) is 0.197. The molecule has 0 unspecified atom stereocenters. The van der Waals surface area contributed by atoms with Crippen LogP contribution >= 0.6 is 11.3 Å². The van der Waals surface area contributed by atoms with Gasteiger partial charge in [0.15, 0.2) is 6.61 Å². The minimum absolute atomic E-state index is 0.0190. The van der Waals surface area contributed by atoms with E-state index in [0.29, 0.717) is 17.2 Å². The molecule has 0 saturated carbocycles. The summed E-state index contributed by atoms with van der Waals surface area (Å²) < 4.78 is 11.1. The first-order chi connectivity index (χ1) is 14.6. The zero-order valence-electron chi connectivity index (χ0n) is 17.0. The summed E-state index contributed by atoms with van der Waals surface area (Å²) in [5.41, 5.74) is 2.32. The van der Waals surface area contributed by atoms with Gasteiger partial charge in [0, 0.05) is 6.07 Å². The number of amides is 1. The summed E-state index contributed by atoms with van der Waals surface area (Å²) in [7, 11) is 0. The average molecular weight is 434 g/mol. The van der Waals surface area contributed by atoms with Gasteiger partial charge < -0.3 is 9.47 Å². The molecule has 0 aliphatic rings. The molecule has 30 heavy (non-hydrogen) atoms. The van der Waals surface area contributed by atoms with Gasteiger partial charge in [0.05, 0.1) is 22.6 Å². The molecular weight excluding hydrogens is 406 g/mol. The lowest BCUT2D eigenvalue weighted by Crippen LogP contribution is -2.24. The van der Waals surface area contributed by atoms with Gasteiger partial charge in [0.1, 0.15) is 11.5 Å². The third-order valence-corrected chi connectivity index (χ3v) is 5.11. The number of hydrogen-bond acceptors (Lipinski definition) is 7. The number of nitrogens with zero attached hydrogens (tertiary/aromatic N) is 2. The van der Waals surface area contributed by atoms with Crippen LogP contribution in [0.2, 0.25) is 0 Å². The fourth-order valence-corrected chi connectivity index (χ4v) is 3.26. The van der Waals surface area contributed by atoms with E-state index in [1.807, 2.05) is 12.1 Å². The molecule has 2 aromatic rings. The number of nitrogens with one attached hydrogen (secondary N) is 1. The molecule has 0 radical (unpaired) electrons. The van der Waals surface area contributed by atoms with Crippen LogP contribution in [0.1, 0.15) is 50.3 Å². The van der Waals surface area contributed by atoms with E-state index in [0.717, 1.165) is 23.5 Å². The fraction of sp³-hybridized carbons (Fsp3) is 0.429. The molecule has 1 aromatic carbocycles. The first-order valence-corrected chi connectivity index (χ1v) is 10.8. The van der Waals surface area contributed by atoms with Gasteiger partial charge in [-0.1, -0.05) is 50.4 Å². The Hall–Kier alpha value is -2.94. The summed E-state index contributed by atoms with van der Waals surface area (Å²) in [5, 5.41) is 14.4. The lowest BCUT2D eigenvalue weighted by molar-refractivity contribution is -0.380. The maximum absolute atomic E-state index is 11.8. The average Bonchev–Trinajstić information content (AvgIpc) is 3.22. The number of hydrogen-bond donors (Lipinski definition) is 1. The number of hydrazone groups is 1. The number of benzene rings is 1. The van der Waals surface area contributed by atoms with Crippen LogP contribution in [0, 0.1) is 10.1 Å². The lowest BCUT2D eigenvalue weighted by Gasteiger charge is -2.08. The highest BCUT2D eigenvalue weighted by molar-refractivity contribution is 7.16. The van der Waals surface area contributed by atoms with E-state index in [9.17, 15) is 14.9 Å². The van der Waals surface area contributed by atoms with Crippen LogP contribution in [0.4, 0.5) is 5.00 Å². The van der Waals surface area contributed by atoms with Crippen molar-refractivity contribution in [1.82, 2.24) is 5.43 Å². The van der Waals surface area contributed by atoms with E-state index < -0.39 is 10.8 Å². The molecule has 0 spiro atoms. The number of carbonyl (C=O) groups is 1. The number of ether oxygens (including phenoxy) is 2. The third-order valence-electron chi connectivity index (χ3n) is 4.13. The van der Waals surface area contributed by atoms with E-state index in [1.165, 1.54) is 44.4 Å². The fourth-order valence-electron chi connectivity index (χ4n) is 2.56. The van der Waals surface area contributed by atoms with Gasteiger partial charge in [0.2, 0.25) is 0 Å². The van der Waals surface area contributed by atoms with Crippen LogP contribution in [-0.4, -0.2) is 30.3 Å². The molecule has 8 nitrogen and oxygen atoms in total. The maximum atomic E-state index is 11.8. The minimum Gasteiger partial charge on any atom is -0.494 e. The van der Waals surface area contributed by atoms with Crippen molar-refractivity contribution in [2.45, 2.75) is 45.4 Å². The van der Waals surface area contributed by atoms with Crippen molar-refractivity contribution in [3.8, 4) is 11.5 Å². The molecular formula is C21H27N3O5S. The van der Waals surface area contributed by atoms with Crippen molar-refractivity contribution < 1.29 is 19.2 Å². The molecule has 2 rings (SSSR count). The van der Waals surface area contributed by atoms with Crippen LogP contribution in [-0.2, 0) is 4.79 Å². The number of carbonyl (C=O) groups excluding carboxylic acids is 1. The summed E-state index contributed by atoms with van der Waals surface area (Å²) in [6.45, 7) is 2.71. The largest absolute Gasteiger partial charge is 0.494 e. The Morgan fingerprint density at radius 3 is 2.40 bits per heavy atom. The van der Waals surface area contributed by atoms with E-state index in [2.05, 4.69) is 17.5 Å². The molecule has 1 heterocycles. The van der Waals surface area contributed by atoms with Gasteiger partial charge in [-0.2, -0.15) is 5.10 Å². The first kappa shape index (κ1) is 23.3. The summed E-state index contributed by atoms with van der Waals surface area (Å²) in [4.78, 5) is 22.5. The molecule has 0 fully saturated rings. The van der Waals surface area contributed by atoms with E-state index in [4.69, 9.17) is 9.47 Å². The molecule has 1 aromatic heterocycles. The monoisotopic (exact) mass is 433 g/mol. The zero-order chi connectivity index (χ0) is 21.6. The van der Waals surface area contributed by atoms with Crippen LogP contribution in [0.5, 0.6) is 11.5 Å². The van der Waals surface area contributed by atoms with Crippen LogP contribution in [0.15, 0.2) is 41.5 Å². The summed E-state index contributed by atoms with van der Waals surface area (Å²) >= 11 is 0.972. The number of unbranched alkanes of at least 4 members (excludes halogenated alkanes) is 5. The smallest absolute Gasteiger partial charge is 0.324 e. The van der Waals surface area contributed by atoms with E-state index >= 15 is 0 Å². The van der Waals surface area contributed by atoms with Crippen molar-refractivity contribution in [3.63, 3.8) is 0 Å². The molecule has 1 N–H and O–H groups in total. The normalized spacial score (nSPS) is 10.8. The number of rotatable bonds is 14. The van der Waals surface area contributed by atoms with Crippen molar-refractivity contribution in [2.75, 3.05) is 13.2 Å². The van der Waals surface area contributed by atoms with Gasteiger partial charge in [-0.05, 0) is 36.8 Å². The van der Waals surface area contributed by atoms with Gasteiger partial charge >= 0.3 is 5.00 Å². The van der Waals surface area contributed by atoms with Crippen LogP contribution in [0.25, 0.3) is 0 Å². The highest BCUT2D eigenvalue weighted by atomic mass is 32.1. The predicted octanol–water partition coefficient (Wildman–Crippen LogP) is 4.92. The van der Waals surface area contributed by atoms with Gasteiger partial charge in [-0.25, -0.2) is 5.43 Å². The first-order valence-electron chi connectivity index (χ1n) is 10.00. The Morgan fingerprint density at radius 2 is 1.73 bits per heavy atom. The minimum atomic E-state index is -0.473. The molecule has 162 valence electrons. The number of thiophene rings is 1. The van der Waals surface area contributed by atoms with Crippen molar-refractivity contribution in [3.05, 3.63) is 51.4 Å². The SMILES string of the molecule is CCCCCCCCOc1ccc(OCC(=O)N/N=C\c2ccc([N+](=O)[O-])s2)cc1. The topological polar surface area (TPSA) is 103 Å². The molecule has 0 saturated heterocycles. The summed E-state index contributed by atoms with van der Waals surface area (Å²) in [5.74, 6) is 0.894. The second-order valence-electron chi connectivity index (χ2n) is 6.60. The maximum Gasteiger partial charge on any atom is 0.324 e. The zero-order valence-corrected chi connectivity index (χ0v) is 17.9. The molecule has 0 aliphatic heterocycles. The highest BCUT2D eigenvalue weighted by Gasteiger charge is 2.08.